The minimum Gasteiger partial charge on any atom is -0.427 e. The van der Waals surface area contributed by atoms with Crippen LogP contribution in [-0.4, -0.2) is 11.1 Å². The molecule has 0 heterocycles. The van der Waals surface area contributed by atoms with Crippen LogP contribution >= 0.6 is 0 Å². The van der Waals surface area contributed by atoms with Gasteiger partial charge in [0.05, 0.1) is 6.61 Å². The number of carbonyl (C=O) groups excluding carboxylic acids is 1. The van der Waals surface area contributed by atoms with Gasteiger partial charge in [0.25, 0.3) is 0 Å². The van der Waals surface area contributed by atoms with Crippen molar-refractivity contribution >= 4 is 5.97 Å². The third-order valence-electron chi connectivity index (χ3n) is 3.07. The Morgan fingerprint density at radius 3 is 2.32 bits per heavy atom. The summed E-state index contributed by atoms with van der Waals surface area (Å²) in [7, 11) is 0. The molecular formula is C16H24O3. The molecule has 0 amide bonds. The van der Waals surface area contributed by atoms with Gasteiger partial charge in [-0.15, -0.1) is 0 Å². The summed E-state index contributed by atoms with van der Waals surface area (Å²) in [6.45, 7) is 2.20. The van der Waals surface area contributed by atoms with Gasteiger partial charge in [0.1, 0.15) is 5.75 Å². The van der Waals surface area contributed by atoms with Gasteiger partial charge in [-0.3, -0.25) is 4.79 Å². The van der Waals surface area contributed by atoms with E-state index in [0.717, 1.165) is 18.4 Å². The van der Waals surface area contributed by atoms with E-state index in [0.29, 0.717) is 12.2 Å². The molecule has 0 atom stereocenters. The van der Waals surface area contributed by atoms with Crippen molar-refractivity contribution in [3.63, 3.8) is 0 Å². The molecule has 1 aromatic carbocycles. The van der Waals surface area contributed by atoms with Crippen LogP contribution < -0.4 is 4.74 Å². The summed E-state index contributed by atoms with van der Waals surface area (Å²) in [5, 5.41) is 8.91. The highest BCUT2D eigenvalue weighted by Crippen LogP contribution is 2.14. The molecule has 0 unspecified atom stereocenters. The van der Waals surface area contributed by atoms with Crippen LogP contribution in [0.15, 0.2) is 24.3 Å². The second kappa shape index (κ2) is 9.56. The van der Waals surface area contributed by atoms with Crippen molar-refractivity contribution in [1.82, 2.24) is 0 Å². The van der Waals surface area contributed by atoms with E-state index in [1.165, 1.54) is 25.7 Å². The van der Waals surface area contributed by atoms with Gasteiger partial charge in [-0.05, 0) is 24.1 Å². The Balaban J connectivity index is 2.16. The van der Waals surface area contributed by atoms with E-state index in [2.05, 4.69) is 6.92 Å². The first kappa shape index (κ1) is 15.7. The molecule has 0 fully saturated rings. The zero-order chi connectivity index (χ0) is 13.9. The van der Waals surface area contributed by atoms with Crippen molar-refractivity contribution in [3.05, 3.63) is 29.8 Å². The molecule has 3 heteroatoms. The molecule has 0 spiro atoms. The molecule has 0 saturated carbocycles. The fraction of sp³-hybridized carbons (Fsp3) is 0.562. The van der Waals surface area contributed by atoms with Crippen LogP contribution in [0, 0.1) is 0 Å². The van der Waals surface area contributed by atoms with Crippen molar-refractivity contribution < 1.29 is 14.6 Å². The number of rotatable bonds is 9. The van der Waals surface area contributed by atoms with E-state index in [4.69, 9.17) is 9.84 Å². The van der Waals surface area contributed by atoms with Crippen LogP contribution in [0.1, 0.15) is 57.4 Å². The largest absolute Gasteiger partial charge is 0.427 e. The number of unbranched alkanes of at least 4 members (excludes halogenated alkanes) is 5. The number of hydrogen-bond donors (Lipinski definition) is 1. The minimum atomic E-state index is -0.174. The average molecular weight is 264 g/mol. The number of aliphatic hydroxyl groups excluding tert-OH is 1. The lowest BCUT2D eigenvalue weighted by atomic mass is 10.1. The Morgan fingerprint density at radius 1 is 1.05 bits per heavy atom. The van der Waals surface area contributed by atoms with Crippen LogP contribution in [0.2, 0.25) is 0 Å². The summed E-state index contributed by atoms with van der Waals surface area (Å²) in [6, 6.07) is 6.94. The monoisotopic (exact) mass is 264 g/mol. The molecule has 0 saturated heterocycles. The molecule has 1 N–H and O–H groups in total. The minimum absolute atomic E-state index is 0.00594. The lowest BCUT2D eigenvalue weighted by molar-refractivity contribution is -0.134. The maximum Gasteiger partial charge on any atom is 0.311 e. The van der Waals surface area contributed by atoms with Crippen molar-refractivity contribution in [3.8, 4) is 5.75 Å². The normalized spacial score (nSPS) is 10.4. The second-order valence-corrected chi connectivity index (χ2v) is 4.79. The molecule has 0 radical (unpaired) electrons. The van der Waals surface area contributed by atoms with Gasteiger partial charge in [0.15, 0.2) is 0 Å². The lowest BCUT2D eigenvalue weighted by Crippen LogP contribution is -2.07. The molecule has 0 bridgehead atoms. The van der Waals surface area contributed by atoms with Crippen molar-refractivity contribution in [2.24, 2.45) is 0 Å². The first-order valence-corrected chi connectivity index (χ1v) is 7.16. The van der Waals surface area contributed by atoms with Gasteiger partial charge in [0.2, 0.25) is 0 Å². The van der Waals surface area contributed by atoms with Gasteiger partial charge >= 0.3 is 5.97 Å². The Kier molecular flexibility index (Phi) is 7.91. The van der Waals surface area contributed by atoms with E-state index in [1.54, 1.807) is 24.3 Å². The Bertz CT molecular complexity index is 357. The third kappa shape index (κ3) is 6.97. The number of carbonyl (C=O) groups is 1. The number of ether oxygens (including phenoxy) is 1. The molecule has 1 aromatic rings. The maximum absolute atomic E-state index is 11.6. The zero-order valence-corrected chi connectivity index (χ0v) is 11.7. The number of benzene rings is 1. The van der Waals surface area contributed by atoms with Gasteiger partial charge in [-0.25, -0.2) is 0 Å². The Morgan fingerprint density at radius 2 is 1.68 bits per heavy atom. The van der Waals surface area contributed by atoms with Crippen LogP contribution in [0.3, 0.4) is 0 Å². The molecule has 19 heavy (non-hydrogen) atoms. The quantitative estimate of drug-likeness (QED) is 0.419. The summed E-state index contributed by atoms with van der Waals surface area (Å²) < 4.78 is 5.22. The topological polar surface area (TPSA) is 46.5 Å². The van der Waals surface area contributed by atoms with Gasteiger partial charge in [-0.1, -0.05) is 51.2 Å². The molecule has 0 aliphatic rings. The number of esters is 1. The number of hydrogen-bond acceptors (Lipinski definition) is 3. The predicted molar refractivity (Wildman–Crippen MR) is 76.0 cm³/mol. The Hall–Kier alpha value is -1.35. The standard InChI is InChI=1S/C16H24O3/c1-2-3-4-5-6-7-8-16(18)19-15-11-9-14(13-17)10-12-15/h9-12,17H,2-8,13H2,1H3. The fourth-order valence-electron chi connectivity index (χ4n) is 1.90. The first-order chi connectivity index (χ1) is 9.26. The maximum atomic E-state index is 11.6. The third-order valence-corrected chi connectivity index (χ3v) is 3.07. The Labute approximate surface area is 115 Å². The van der Waals surface area contributed by atoms with E-state index in [1.807, 2.05) is 0 Å². The molecule has 0 aromatic heterocycles. The van der Waals surface area contributed by atoms with Gasteiger partial charge in [-0.2, -0.15) is 0 Å². The van der Waals surface area contributed by atoms with Gasteiger partial charge < -0.3 is 9.84 Å². The van der Waals surface area contributed by atoms with Gasteiger partial charge in [0, 0.05) is 6.42 Å². The lowest BCUT2D eigenvalue weighted by Gasteiger charge is -2.05. The summed E-state index contributed by atoms with van der Waals surface area (Å²) in [6.07, 6.45) is 7.46. The SMILES string of the molecule is CCCCCCCCC(=O)Oc1ccc(CO)cc1. The molecule has 106 valence electrons. The van der Waals surface area contributed by atoms with E-state index >= 15 is 0 Å². The van der Waals surface area contributed by atoms with E-state index < -0.39 is 0 Å². The molecular weight excluding hydrogens is 240 g/mol. The van der Waals surface area contributed by atoms with E-state index in [9.17, 15) is 4.79 Å². The first-order valence-electron chi connectivity index (χ1n) is 7.16. The summed E-state index contributed by atoms with van der Waals surface area (Å²) in [5.41, 5.74) is 0.815. The summed E-state index contributed by atoms with van der Waals surface area (Å²) >= 11 is 0. The van der Waals surface area contributed by atoms with Crippen molar-refractivity contribution in [1.29, 1.82) is 0 Å². The molecule has 0 aliphatic heterocycles. The second-order valence-electron chi connectivity index (χ2n) is 4.79. The smallest absolute Gasteiger partial charge is 0.311 e. The van der Waals surface area contributed by atoms with Crippen molar-refractivity contribution in [2.75, 3.05) is 0 Å². The highest BCUT2D eigenvalue weighted by molar-refractivity contribution is 5.72. The highest BCUT2D eigenvalue weighted by Gasteiger charge is 2.04. The van der Waals surface area contributed by atoms with Crippen LogP contribution in [0.5, 0.6) is 5.75 Å². The summed E-state index contributed by atoms with van der Waals surface area (Å²) in [4.78, 5) is 11.6. The summed E-state index contributed by atoms with van der Waals surface area (Å²) in [5.74, 6) is 0.375. The zero-order valence-electron chi connectivity index (χ0n) is 11.7. The number of aliphatic hydroxyl groups is 1. The molecule has 0 aliphatic carbocycles. The van der Waals surface area contributed by atoms with Crippen LogP contribution in [-0.2, 0) is 11.4 Å². The molecule has 3 nitrogen and oxygen atoms in total. The highest BCUT2D eigenvalue weighted by atomic mass is 16.5. The molecule has 1 rings (SSSR count). The van der Waals surface area contributed by atoms with Crippen LogP contribution in [0.25, 0.3) is 0 Å². The van der Waals surface area contributed by atoms with E-state index in [-0.39, 0.29) is 12.6 Å². The fourth-order valence-corrected chi connectivity index (χ4v) is 1.90. The van der Waals surface area contributed by atoms with Crippen molar-refractivity contribution in [2.45, 2.75) is 58.5 Å². The van der Waals surface area contributed by atoms with Crippen LogP contribution in [0.4, 0.5) is 0 Å². The predicted octanol–water partition coefficient (Wildman–Crippen LogP) is 3.83. The average Bonchev–Trinajstić information content (AvgIpc) is 2.43.